The molecule has 0 bridgehead atoms. The minimum absolute atomic E-state index is 0.313. The molecule has 110 valence electrons. The van der Waals surface area contributed by atoms with E-state index in [1.807, 2.05) is 0 Å². The molecule has 20 heavy (non-hydrogen) atoms. The van der Waals surface area contributed by atoms with Crippen LogP contribution in [-0.4, -0.2) is 37.3 Å². The average Bonchev–Trinajstić information content (AvgIpc) is 3.24. The molecule has 0 saturated heterocycles. The van der Waals surface area contributed by atoms with Crippen LogP contribution >= 0.6 is 0 Å². The van der Waals surface area contributed by atoms with Gasteiger partial charge in [0, 0.05) is 19.3 Å². The summed E-state index contributed by atoms with van der Waals surface area (Å²) in [6.07, 6.45) is 4.10. The highest BCUT2D eigenvalue weighted by atomic mass is 16.5. The first-order chi connectivity index (χ1) is 9.72. The fraction of sp³-hybridized carbons (Fsp3) is 0.571. The Morgan fingerprint density at radius 2 is 2.35 bits per heavy atom. The number of pyridine rings is 1. The molecule has 0 spiro atoms. The van der Waals surface area contributed by atoms with Crippen LogP contribution in [0.25, 0.3) is 0 Å². The number of aromatic nitrogens is 1. The Balaban J connectivity index is 1.83. The molecule has 0 aromatic carbocycles. The van der Waals surface area contributed by atoms with Crippen molar-refractivity contribution in [1.82, 2.24) is 4.98 Å². The summed E-state index contributed by atoms with van der Waals surface area (Å²) in [6, 6.07) is 1.56. The molecular formula is C14H21N3O3. The van der Waals surface area contributed by atoms with Gasteiger partial charge < -0.3 is 20.5 Å². The number of esters is 1. The van der Waals surface area contributed by atoms with Gasteiger partial charge in [-0.2, -0.15) is 0 Å². The molecule has 1 aliphatic rings. The first kappa shape index (κ1) is 14.6. The number of ether oxygens (including phenoxy) is 2. The lowest BCUT2D eigenvalue weighted by molar-refractivity contribution is 0.0527. The first-order valence-electron chi connectivity index (χ1n) is 6.95. The predicted molar refractivity (Wildman–Crippen MR) is 76.6 cm³/mol. The van der Waals surface area contributed by atoms with Gasteiger partial charge in [0.2, 0.25) is 0 Å². The molecule has 1 aromatic heterocycles. The van der Waals surface area contributed by atoms with Crippen LogP contribution in [0.1, 0.15) is 30.1 Å². The van der Waals surface area contributed by atoms with Crippen molar-refractivity contribution >= 4 is 17.5 Å². The van der Waals surface area contributed by atoms with Gasteiger partial charge in [-0.25, -0.2) is 9.78 Å². The molecule has 0 amide bonds. The van der Waals surface area contributed by atoms with Gasteiger partial charge in [0.05, 0.1) is 24.5 Å². The van der Waals surface area contributed by atoms with Crippen LogP contribution in [-0.2, 0) is 9.47 Å². The van der Waals surface area contributed by atoms with Crippen molar-refractivity contribution in [3.8, 4) is 0 Å². The van der Waals surface area contributed by atoms with Gasteiger partial charge in [-0.05, 0) is 31.7 Å². The third-order valence-corrected chi connectivity index (χ3v) is 3.07. The van der Waals surface area contributed by atoms with Gasteiger partial charge in [0.1, 0.15) is 5.82 Å². The molecular weight excluding hydrogens is 258 g/mol. The van der Waals surface area contributed by atoms with Crippen LogP contribution in [0.3, 0.4) is 0 Å². The number of carbonyl (C=O) groups is 1. The van der Waals surface area contributed by atoms with E-state index in [-0.39, 0.29) is 0 Å². The van der Waals surface area contributed by atoms with E-state index in [0.717, 1.165) is 12.5 Å². The highest BCUT2D eigenvalue weighted by Crippen LogP contribution is 2.28. The molecule has 0 aliphatic heterocycles. The van der Waals surface area contributed by atoms with Crippen molar-refractivity contribution in [2.24, 2.45) is 5.92 Å². The van der Waals surface area contributed by atoms with E-state index in [9.17, 15) is 4.79 Å². The van der Waals surface area contributed by atoms with Crippen LogP contribution in [0.2, 0.25) is 0 Å². The standard InChI is InChI=1S/C14H21N3O3/c1-2-20-14(18)11-5-6-16-13(12(11)15)17-7-8-19-9-10-3-4-10/h5-6,10H,2-4,7-9,15H2,1H3,(H,16,17). The van der Waals surface area contributed by atoms with Crippen molar-refractivity contribution in [1.29, 1.82) is 0 Å². The van der Waals surface area contributed by atoms with Gasteiger partial charge >= 0.3 is 5.97 Å². The number of hydrogen-bond acceptors (Lipinski definition) is 6. The average molecular weight is 279 g/mol. The zero-order valence-corrected chi connectivity index (χ0v) is 11.7. The van der Waals surface area contributed by atoms with Gasteiger partial charge in [-0.1, -0.05) is 0 Å². The van der Waals surface area contributed by atoms with E-state index in [2.05, 4.69) is 10.3 Å². The molecule has 0 atom stereocenters. The van der Waals surface area contributed by atoms with E-state index < -0.39 is 5.97 Å². The van der Waals surface area contributed by atoms with E-state index in [4.69, 9.17) is 15.2 Å². The summed E-state index contributed by atoms with van der Waals surface area (Å²) in [6.45, 7) is 4.11. The molecule has 3 N–H and O–H groups in total. The lowest BCUT2D eigenvalue weighted by Gasteiger charge is -2.11. The number of nitrogens with two attached hydrogens (primary N) is 1. The van der Waals surface area contributed by atoms with Gasteiger partial charge in [-0.15, -0.1) is 0 Å². The maximum atomic E-state index is 11.7. The lowest BCUT2D eigenvalue weighted by atomic mass is 10.2. The number of nitrogen functional groups attached to an aromatic ring is 1. The molecule has 1 aromatic rings. The Morgan fingerprint density at radius 3 is 3.05 bits per heavy atom. The summed E-state index contributed by atoms with van der Waals surface area (Å²) in [7, 11) is 0. The van der Waals surface area contributed by atoms with Crippen LogP contribution in [0, 0.1) is 5.92 Å². The van der Waals surface area contributed by atoms with Gasteiger partial charge in [0.25, 0.3) is 0 Å². The normalized spacial score (nSPS) is 14.1. The van der Waals surface area contributed by atoms with Gasteiger partial charge in [-0.3, -0.25) is 0 Å². The van der Waals surface area contributed by atoms with Gasteiger partial charge in [0.15, 0.2) is 0 Å². The maximum absolute atomic E-state index is 11.7. The van der Waals surface area contributed by atoms with Crippen molar-refractivity contribution in [2.45, 2.75) is 19.8 Å². The monoisotopic (exact) mass is 279 g/mol. The SMILES string of the molecule is CCOC(=O)c1ccnc(NCCOCC2CC2)c1N. The Kier molecular flexibility index (Phi) is 5.17. The van der Waals surface area contributed by atoms with Crippen molar-refractivity contribution in [3.63, 3.8) is 0 Å². The van der Waals surface area contributed by atoms with Crippen LogP contribution in [0.4, 0.5) is 11.5 Å². The summed E-state index contributed by atoms with van der Waals surface area (Å²) in [5.74, 6) is 0.816. The zero-order valence-electron chi connectivity index (χ0n) is 11.7. The number of anilines is 2. The molecule has 6 nitrogen and oxygen atoms in total. The molecule has 2 rings (SSSR count). The lowest BCUT2D eigenvalue weighted by Crippen LogP contribution is -2.15. The van der Waals surface area contributed by atoms with Crippen molar-refractivity contribution in [2.75, 3.05) is 37.4 Å². The Hall–Kier alpha value is -1.82. The second kappa shape index (κ2) is 7.09. The smallest absolute Gasteiger partial charge is 0.340 e. The number of nitrogens with zero attached hydrogens (tertiary/aromatic N) is 1. The summed E-state index contributed by atoms with van der Waals surface area (Å²) in [4.78, 5) is 15.8. The summed E-state index contributed by atoms with van der Waals surface area (Å²) in [5.41, 5.74) is 6.57. The molecule has 1 fully saturated rings. The number of rotatable bonds is 8. The fourth-order valence-corrected chi connectivity index (χ4v) is 1.78. The van der Waals surface area contributed by atoms with E-state index in [1.165, 1.54) is 19.0 Å². The van der Waals surface area contributed by atoms with Crippen LogP contribution in [0.15, 0.2) is 12.3 Å². The Morgan fingerprint density at radius 1 is 1.55 bits per heavy atom. The quantitative estimate of drug-likeness (QED) is 0.556. The third kappa shape index (κ3) is 4.09. The molecule has 6 heteroatoms. The number of nitrogens with one attached hydrogen (secondary N) is 1. The Labute approximate surface area is 118 Å². The molecule has 1 aliphatic carbocycles. The highest BCUT2D eigenvalue weighted by Gasteiger charge is 2.21. The first-order valence-corrected chi connectivity index (χ1v) is 6.95. The van der Waals surface area contributed by atoms with E-state index in [0.29, 0.717) is 36.8 Å². The minimum Gasteiger partial charge on any atom is -0.462 e. The molecule has 0 unspecified atom stereocenters. The zero-order chi connectivity index (χ0) is 14.4. The molecule has 1 saturated carbocycles. The summed E-state index contributed by atoms with van der Waals surface area (Å²) < 4.78 is 10.5. The Bertz CT molecular complexity index is 461. The topological polar surface area (TPSA) is 86.5 Å². The number of carbonyl (C=O) groups excluding carboxylic acids is 1. The van der Waals surface area contributed by atoms with Crippen molar-refractivity contribution < 1.29 is 14.3 Å². The number of hydrogen-bond donors (Lipinski definition) is 2. The minimum atomic E-state index is -0.430. The summed E-state index contributed by atoms with van der Waals surface area (Å²) >= 11 is 0. The molecule has 0 radical (unpaired) electrons. The van der Waals surface area contributed by atoms with Crippen LogP contribution in [0.5, 0.6) is 0 Å². The van der Waals surface area contributed by atoms with E-state index >= 15 is 0 Å². The predicted octanol–water partition coefficient (Wildman–Crippen LogP) is 1.68. The van der Waals surface area contributed by atoms with Crippen LogP contribution < -0.4 is 11.1 Å². The fourth-order valence-electron chi connectivity index (χ4n) is 1.78. The largest absolute Gasteiger partial charge is 0.462 e. The van der Waals surface area contributed by atoms with E-state index in [1.54, 1.807) is 13.0 Å². The second-order valence-electron chi connectivity index (χ2n) is 4.79. The maximum Gasteiger partial charge on any atom is 0.340 e. The second-order valence-corrected chi connectivity index (χ2v) is 4.79. The highest BCUT2D eigenvalue weighted by molar-refractivity contribution is 5.97. The third-order valence-electron chi connectivity index (χ3n) is 3.07. The summed E-state index contributed by atoms with van der Waals surface area (Å²) in [5, 5.41) is 3.08. The van der Waals surface area contributed by atoms with Crippen molar-refractivity contribution in [3.05, 3.63) is 17.8 Å². The molecule has 1 heterocycles.